The highest BCUT2D eigenvalue weighted by molar-refractivity contribution is 7.92. The van der Waals surface area contributed by atoms with Crippen LogP contribution >= 0.6 is 0 Å². The molecule has 2 N–H and O–H groups in total. The Bertz CT molecular complexity index is 380. The molecule has 2 heterocycles. The second-order valence-electron chi connectivity index (χ2n) is 4.88. The van der Waals surface area contributed by atoms with Crippen LogP contribution in [0.4, 0.5) is 0 Å². The van der Waals surface area contributed by atoms with E-state index in [1.54, 1.807) is 0 Å². The first kappa shape index (κ1) is 12.8. The zero-order valence-corrected chi connectivity index (χ0v) is 10.8. The normalized spacial score (nSPS) is 33.1. The number of amides is 1. The molecule has 2 saturated heterocycles. The summed E-state index contributed by atoms with van der Waals surface area (Å²) in [5, 5.41) is 5.66. The molecular weight excluding hydrogens is 240 g/mol. The number of nitrogens with one attached hydrogen (secondary N) is 2. The van der Waals surface area contributed by atoms with E-state index in [1.807, 2.05) is 0 Å². The number of carbonyl (C=O) groups excluding carboxylic acids is 1. The summed E-state index contributed by atoms with van der Waals surface area (Å²) < 4.78 is 23.3. The Morgan fingerprint density at radius 2 is 2.06 bits per heavy atom. The molecule has 0 aliphatic carbocycles. The van der Waals surface area contributed by atoms with E-state index in [0.717, 1.165) is 38.6 Å². The van der Waals surface area contributed by atoms with Crippen molar-refractivity contribution in [3.8, 4) is 0 Å². The van der Waals surface area contributed by atoms with E-state index in [2.05, 4.69) is 10.6 Å². The third-order valence-corrected chi connectivity index (χ3v) is 5.87. The molecule has 1 amide bonds. The van der Waals surface area contributed by atoms with Gasteiger partial charge in [-0.25, -0.2) is 8.42 Å². The van der Waals surface area contributed by atoms with Gasteiger partial charge in [-0.05, 0) is 32.1 Å². The average molecular weight is 260 g/mol. The molecule has 0 spiro atoms. The van der Waals surface area contributed by atoms with Crippen molar-refractivity contribution in [2.75, 3.05) is 18.8 Å². The molecule has 2 atom stereocenters. The predicted octanol–water partition coefficient (Wildman–Crippen LogP) is -0.178. The van der Waals surface area contributed by atoms with Crippen molar-refractivity contribution in [3.63, 3.8) is 0 Å². The van der Waals surface area contributed by atoms with Crippen LogP contribution in [-0.4, -0.2) is 44.5 Å². The minimum atomic E-state index is -2.91. The molecule has 2 aliphatic rings. The Morgan fingerprint density at radius 1 is 1.24 bits per heavy atom. The molecule has 2 aliphatic heterocycles. The van der Waals surface area contributed by atoms with Crippen molar-refractivity contribution in [2.24, 2.45) is 0 Å². The minimum Gasteiger partial charge on any atom is -0.355 e. The van der Waals surface area contributed by atoms with Gasteiger partial charge in [0, 0.05) is 13.1 Å². The fourth-order valence-electron chi connectivity index (χ4n) is 2.50. The molecule has 0 aromatic rings. The summed E-state index contributed by atoms with van der Waals surface area (Å²) in [6, 6.07) is -0.215. The molecule has 5 nitrogen and oxygen atoms in total. The number of hydrogen-bond donors (Lipinski definition) is 2. The Kier molecular flexibility index (Phi) is 4.04. The van der Waals surface area contributed by atoms with Crippen LogP contribution in [0.3, 0.4) is 0 Å². The van der Waals surface area contributed by atoms with E-state index in [0.29, 0.717) is 12.3 Å². The van der Waals surface area contributed by atoms with Gasteiger partial charge in [0.15, 0.2) is 9.84 Å². The summed E-state index contributed by atoms with van der Waals surface area (Å²) in [4.78, 5) is 11.7. The summed E-state index contributed by atoms with van der Waals surface area (Å²) in [6.07, 6.45) is 4.30. The predicted molar refractivity (Wildman–Crippen MR) is 65.5 cm³/mol. The van der Waals surface area contributed by atoms with Gasteiger partial charge in [0.2, 0.25) is 5.91 Å². The molecular formula is C11H20N2O3S. The summed E-state index contributed by atoms with van der Waals surface area (Å²) >= 11 is 0. The third kappa shape index (κ3) is 3.19. The van der Waals surface area contributed by atoms with Crippen LogP contribution in [0.1, 0.15) is 32.1 Å². The Hall–Kier alpha value is -0.620. The van der Waals surface area contributed by atoms with Gasteiger partial charge < -0.3 is 10.6 Å². The van der Waals surface area contributed by atoms with Crippen molar-refractivity contribution in [1.29, 1.82) is 0 Å². The zero-order chi connectivity index (χ0) is 12.3. The molecule has 98 valence electrons. The maximum Gasteiger partial charge on any atom is 0.237 e. The number of sulfone groups is 1. The van der Waals surface area contributed by atoms with E-state index in [-0.39, 0.29) is 17.2 Å². The lowest BCUT2D eigenvalue weighted by Gasteiger charge is -2.17. The monoisotopic (exact) mass is 260 g/mol. The van der Waals surface area contributed by atoms with Crippen LogP contribution in [0.2, 0.25) is 0 Å². The largest absolute Gasteiger partial charge is 0.355 e. The lowest BCUT2D eigenvalue weighted by Crippen LogP contribution is -2.46. The van der Waals surface area contributed by atoms with Crippen molar-refractivity contribution in [2.45, 2.75) is 43.4 Å². The first-order valence-corrected chi connectivity index (χ1v) is 8.04. The van der Waals surface area contributed by atoms with Gasteiger partial charge in [-0.3, -0.25) is 4.79 Å². The molecule has 6 heteroatoms. The smallest absolute Gasteiger partial charge is 0.237 e. The topological polar surface area (TPSA) is 75.3 Å². The Morgan fingerprint density at radius 3 is 2.76 bits per heavy atom. The highest BCUT2D eigenvalue weighted by Crippen LogP contribution is 2.19. The van der Waals surface area contributed by atoms with Gasteiger partial charge in [0.1, 0.15) is 0 Å². The highest BCUT2D eigenvalue weighted by atomic mass is 32.2. The molecule has 2 unspecified atom stereocenters. The summed E-state index contributed by atoms with van der Waals surface area (Å²) in [6.45, 7) is 1.15. The van der Waals surface area contributed by atoms with E-state index < -0.39 is 9.84 Å². The second kappa shape index (κ2) is 5.35. The SMILES string of the molecule is O=C1NCCCCC1NCC1CCCS1(=O)=O. The third-order valence-electron chi connectivity index (χ3n) is 3.59. The summed E-state index contributed by atoms with van der Waals surface area (Å²) in [5.41, 5.74) is 0. The van der Waals surface area contributed by atoms with Crippen LogP contribution < -0.4 is 10.6 Å². The number of carbonyl (C=O) groups is 1. The molecule has 2 fully saturated rings. The van der Waals surface area contributed by atoms with E-state index in [4.69, 9.17) is 0 Å². The van der Waals surface area contributed by atoms with Gasteiger partial charge in [0.05, 0.1) is 17.0 Å². The van der Waals surface area contributed by atoms with Crippen LogP contribution in [-0.2, 0) is 14.6 Å². The minimum absolute atomic E-state index is 0.0119. The van der Waals surface area contributed by atoms with E-state index in [1.165, 1.54) is 0 Å². The molecule has 0 aromatic carbocycles. The Labute approximate surface area is 102 Å². The van der Waals surface area contributed by atoms with Crippen molar-refractivity contribution in [3.05, 3.63) is 0 Å². The molecule has 0 bridgehead atoms. The van der Waals surface area contributed by atoms with E-state index >= 15 is 0 Å². The van der Waals surface area contributed by atoms with Crippen LogP contribution in [0.15, 0.2) is 0 Å². The number of rotatable bonds is 3. The summed E-state index contributed by atoms with van der Waals surface area (Å²) in [5.74, 6) is 0.314. The van der Waals surface area contributed by atoms with Crippen LogP contribution in [0.25, 0.3) is 0 Å². The molecule has 0 saturated carbocycles. The van der Waals surface area contributed by atoms with Crippen LogP contribution in [0.5, 0.6) is 0 Å². The van der Waals surface area contributed by atoms with Crippen LogP contribution in [0, 0.1) is 0 Å². The van der Waals surface area contributed by atoms with E-state index in [9.17, 15) is 13.2 Å². The quantitative estimate of drug-likeness (QED) is 0.738. The first-order chi connectivity index (χ1) is 8.09. The maximum absolute atomic E-state index is 11.7. The molecule has 0 radical (unpaired) electrons. The van der Waals surface area contributed by atoms with Gasteiger partial charge in [-0.1, -0.05) is 0 Å². The molecule has 2 rings (SSSR count). The van der Waals surface area contributed by atoms with Crippen molar-refractivity contribution < 1.29 is 13.2 Å². The Balaban J connectivity index is 1.86. The number of hydrogen-bond acceptors (Lipinski definition) is 4. The first-order valence-electron chi connectivity index (χ1n) is 6.32. The summed E-state index contributed by atoms with van der Waals surface area (Å²) in [7, 11) is -2.91. The zero-order valence-electron chi connectivity index (χ0n) is 9.94. The van der Waals surface area contributed by atoms with Crippen molar-refractivity contribution in [1.82, 2.24) is 10.6 Å². The maximum atomic E-state index is 11.7. The highest BCUT2D eigenvalue weighted by Gasteiger charge is 2.32. The fraction of sp³-hybridized carbons (Fsp3) is 0.909. The second-order valence-corrected chi connectivity index (χ2v) is 7.28. The fourth-order valence-corrected chi connectivity index (χ4v) is 4.27. The lowest BCUT2D eigenvalue weighted by atomic mass is 10.1. The van der Waals surface area contributed by atoms with Gasteiger partial charge in [-0.2, -0.15) is 0 Å². The molecule has 0 aromatic heterocycles. The average Bonchev–Trinajstić information content (AvgIpc) is 2.47. The van der Waals surface area contributed by atoms with Gasteiger partial charge >= 0.3 is 0 Å². The molecule has 17 heavy (non-hydrogen) atoms. The van der Waals surface area contributed by atoms with Gasteiger partial charge in [0.25, 0.3) is 0 Å². The van der Waals surface area contributed by atoms with Crippen molar-refractivity contribution >= 4 is 15.7 Å². The lowest BCUT2D eigenvalue weighted by molar-refractivity contribution is -0.122. The van der Waals surface area contributed by atoms with Gasteiger partial charge in [-0.15, -0.1) is 0 Å². The standard InChI is InChI=1S/C11H20N2O3S/c14-11-10(5-1-2-6-12-11)13-8-9-4-3-7-17(9,15)16/h9-10,13H,1-8H2,(H,12,14).